The number of unbranched alkanes of at least 4 members (excludes halogenated alkanes) is 18. The fourth-order valence-corrected chi connectivity index (χ4v) is 5.85. The Hall–Kier alpha value is -2.43. The number of carbonyl (C=O) groups is 1. The van der Waals surface area contributed by atoms with Gasteiger partial charge in [-0.05, 0) is 83.5 Å². The van der Waals surface area contributed by atoms with Crippen LogP contribution in [0.2, 0.25) is 0 Å². The van der Waals surface area contributed by atoms with Crippen molar-refractivity contribution in [3.8, 4) is 0 Å². The molecular formula is C47H81NO3. The second-order valence-corrected chi connectivity index (χ2v) is 14.0. The first-order valence-corrected chi connectivity index (χ1v) is 21.3. The second-order valence-electron chi connectivity index (χ2n) is 14.0. The van der Waals surface area contributed by atoms with Gasteiger partial charge in [0.25, 0.3) is 0 Å². The Balaban J connectivity index is 3.72. The minimum atomic E-state index is -0.892. The molecule has 51 heavy (non-hydrogen) atoms. The van der Waals surface area contributed by atoms with Crippen molar-refractivity contribution in [1.29, 1.82) is 0 Å². The van der Waals surface area contributed by atoms with Gasteiger partial charge in [0.2, 0.25) is 5.91 Å². The van der Waals surface area contributed by atoms with Crippen LogP contribution < -0.4 is 5.32 Å². The largest absolute Gasteiger partial charge is 0.394 e. The normalized spacial score (nSPS) is 13.9. The van der Waals surface area contributed by atoms with E-state index < -0.39 is 12.1 Å². The van der Waals surface area contributed by atoms with Crippen molar-refractivity contribution in [1.82, 2.24) is 5.32 Å². The smallest absolute Gasteiger partial charge is 0.220 e. The van der Waals surface area contributed by atoms with E-state index in [1.165, 1.54) is 96.3 Å². The Morgan fingerprint density at radius 2 is 0.882 bits per heavy atom. The number of nitrogens with one attached hydrogen (secondary N) is 1. The van der Waals surface area contributed by atoms with E-state index in [0.29, 0.717) is 6.42 Å². The standard InChI is InChI=1S/C47H81NO3/c1-3-5-7-9-11-13-15-17-19-20-21-22-23-24-25-26-27-29-30-32-34-36-38-40-42-46(50)45(44-49)48-47(51)43-41-39-37-35-33-31-28-18-16-14-12-10-8-6-4-2/h6,8,12,14,18,26-28,32-35,40,42,45-46,49-50H,3-5,7,9-11,13,15-17,19-25,29-31,36-39,41,43-44H2,1-2H3,(H,48,51)/b8-6-,14-12-,27-26+,28-18-,34-32+,35-33-,42-40+. The third-order valence-corrected chi connectivity index (χ3v) is 9.09. The van der Waals surface area contributed by atoms with Crippen LogP contribution in [0.5, 0.6) is 0 Å². The molecule has 0 aromatic rings. The highest BCUT2D eigenvalue weighted by atomic mass is 16.3. The lowest BCUT2D eigenvalue weighted by Gasteiger charge is -2.19. The zero-order valence-electron chi connectivity index (χ0n) is 33.3. The summed E-state index contributed by atoms with van der Waals surface area (Å²) in [5, 5.41) is 22.9. The van der Waals surface area contributed by atoms with Crippen molar-refractivity contribution in [2.75, 3.05) is 6.61 Å². The van der Waals surface area contributed by atoms with Gasteiger partial charge in [0.15, 0.2) is 0 Å². The Kier molecular flexibility index (Phi) is 40.0. The van der Waals surface area contributed by atoms with Gasteiger partial charge in [0.05, 0.1) is 18.8 Å². The van der Waals surface area contributed by atoms with Gasteiger partial charge in [0, 0.05) is 6.42 Å². The van der Waals surface area contributed by atoms with Crippen molar-refractivity contribution in [3.63, 3.8) is 0 Å². The maximum Gasteiger partial charge on any atom is 0.220 e. The monoisotopic (exact) mass is 708 g/mol. The van der Waals surface area contributed by atoms with Crippen LogP contribution in [0.3, 0.4) is 0 Å². The first-order chi connectivity index (χ1) is 25.2. The first kappa shape index (κ1) is 48.6. The summed E-state index contributed by atoms with van der Waals surface area (Å²) in [4.78, 5) is 12.3. The SMILES string of the molecule is CC/C=C\C/C=C\C/C=C\C/C=C\CCCCC(=O)NC(CO)C(O)/C=C/CC/C=C/CC/C=C/CCCCCCCCCCCCCCCC. The number of aliphatic hydroxyl groups is 2. The lowest BCUT2D eigenvalue weighted by atomic mass is 10.0. The molecule has 0 aromatic carbocycles. The summed E-state index contributed by atoms with van der Waals surface area (Å²) in [6.07, 6.45) is 61.2. The van der Waals surface area contributed by atoms with Crippen LogP contribution in [0.4, 0.5) is 0 Å². The van der Waals surface area contributed by atoms with Gasteiger partial charge in [-0.3, -0.25) is 4.79 Å². The van der Waals surface area contributed by atoms with Crippen LogP contribution in [0.1, 0.15) is 187 Å². The molecule has 0 aliphatic heterocycles. The van der Waals surface area contributed by atoms with Crippen LogP contribution in [0.25, 0.3) is 0 Å². The minimum absolute atomic E-state index is 0.122. The van der Waals surface area contributed by atoms with E-state index in [4.69, 9.17) is 0 Å². The summed E-state index contributed by atoms with van der Waals surface area (Å²) in [7, 11) is 0. The number of hydrogen-bond donors (Lipinski definition) is 3. The quantitative estimate of drug-likeness (QED) is 0.0445. The molecule has 0 fully saturated rings. The molecule has 0 heterocycles. The molecule has 0 rings (SSSR count). The van der Waals surface area contributed by atoms with Crippen molar-refractivity contribution in [2.45, 2.75) is 199 Å². The van der Waals surface area contributed by atoms with Crippen molar-refractivity contribution in [3.05, 3.63) is 85.1 Å². The van der Waals surface area contributed by atoms with Crippen LogP contribution >= 0.6 is 0 Å². The van der Waals surface area contributed by atoms with Crippen LogP contribution in [0, 0.1) is 0 Å². The van der Waals surface area contributed by atoms with Crippen molar-refractivity contribution >= 4 is 5.91 Å². The maximum absolute atomic E-state index is 12.3. The number of rotatable bonds is 37. The van der Waals surface area contributed by atoms with E-state index >= 15 is 0 Å². The molecule has 1 amide bonds. The van der Waals surface area contributed by atoms with Crippen LogP contribution in [-0.2, 0) is 4.79 Å². The van der Waals surface area contributed by atoms with E-state index in [9.17, 15) is 15.0 Å². The Bertz CT molecular complexity index is 941. The third-order valence-electron chi connectivity index (χ3n) is 9.09. The van der Waals surface area contributed by atoms with Gasteiger partial charge < -0.3 is 15.5 Å². The van der Waals surface area contributed by atoms with Gasteiger partial charge in [-0.1, -0.05) is 182 Å². The highest BCUT2D eigenvalue weighted by Gasteiger charge is 2.17. The fourth-order valence-electron chi connectivity index (χ4n) is 5.85. The number of amides is 1. The summed E-state index contributed by atoms with van der Waals surface area (Å²) in [6, 6.07) is -0.671. The average Bonchev–Trinajstić information content (AvgIpc) is 3.13. The van der Waals surface area contributed by atoms with Crippen LogP contribution in [0.15, 0.2) is 85.1 Å². The molecule has 0 aliphatic carbocycles. The molecule has 2 atom stereocenters. The minimum Gasteiger partial charge on any atom is -0.394 e. The molecule has 0 aromatic heterocycles. The molecular weight excluding hydrogens is 627 g/mol. The van der Waals surface area contributed by atoms with Gasteiger partial charge in [-0.2, -0.15) is 0 Å². The Morgan fingerprint density at radius 3 is 1.37 bits per heavy atom. The summed E-state index contributed by atoms with van der Waals surface area (Å²) >= 11 is 0. The average molecular weight is 708 g/mol. The van der Waals surface area contributed by atoms with Gasteiger partial charge >= 0.3 is 0 Å². The Morgan fingerprint density at radius 1 is 0.490 bits per heavy atom. The molecule has 4 nitrogen and oxygen atoms in total. The summed E-state index contributed by atoms with van der Waals surface area (Å²) in [5.41, 5.74) is 0. The lowest BCUT2D eigenvalue weighted by molar-refractivity contribution is -0.123. The number of hydrogen-bond acceptors (Lipinski definition) is 3. The maximum atomic E-state index is 12.3. The van der Waals surface area contributed by atoms with Crippen molar-refractivity contribution < 1.29 is 15.0 Å². The molecule has 0 spiro atoms. The fraction of sp³-hybridized carbons (Fsp3) is 0.681. The van der Waals surface area contributed by atoms with E-state index in [0.717, 1.165) is 70.6 Å². The molecule has 3 N–H and O–H groups in total. The van der Waals surface area contributed by atoms with E-state index in [1.807, 2.05) is 6.08 Å². The predicted molar refractivity (Wildman–Crippen MR) is 225 cm³/mol. The van der Waals surface area contributed by atoms with Gasteiger partial charge in [0.1, 0.15) is 0 Å². The van der Waals surface area contributed by atoms with Gasteiger partial charge in [-0.25, -0.2) is 0 Å². The molecule has 4 heteroatoms. The molecule has 2 unspecified atom stereocenters. The number of carbonyl (C=O) groups excluding carboxylic acids is 1. The van der Waals surface area contributed by atoms with E-state index in [2.05, 4.69) is 92.1 Å². The molecule has 0 saturated heterocycles. The summed E-state index contributed by atoms with van der Waals surface area (Å²) < 4.78 is 0. The predicted octanol–water partition coefficient (Wildman–Crippen LogP) is 13.3. The summed E-state index contributed by atoms with van der Waals surface area (Å²) in [6.45, 7) is 4.15. The molecule has 0 saturated carbocycles. The van der Waals surface area contributed by atoms with Crippen molar-refractivity contribution in [2.24, 2.45) is 0 Å². The number of allylic oxidation sites excluding steroid dienone is 13. The zero-order valence-corrected chi connectivity index (χ0v) is 33.3. The molecule has 292 valence electrons. The molecule has 0 radical (unpaired) electrons. The first-order valence-electron chi connectivity index (χ1n) is 21.3. The highest BCUT2D eigenvalue weighted by Crippen LogP contribution is 2.14. The van der Waals surface area contributed by atoms with Gasteiger partial charge in [-0.15, -0.1) is 0 Å². The highest BCUT2D eigenvalue weighted by molar-refractivity contribution is 5.76. The summed E-state index contributed by atoms with van der Waals surface area (Å²) in [5.74, 6) is -0.122. The third kappa shape index (κ3) is 38.6. The lowest BCUT2D eigenvalue weighted by Crippen LogP contribution is -2.45. The number of aliphatic hydroxyl groups excluding tert-OH is 2. The molecule has 0 bridgehead atoms. The Labute approximate surface area is 316 Å². The zero-order chi connectivity index (χ0) is 37.1. The molecule has 0 aliphatic rings. The second kappa shape index (κ2) is 42.0. The van der Waals surface area contributed by atoms with E-state index in [-0.39, 0.29) is 12.5 Å². The topological polar surface area (TPSA) is 69.6 Å². The van der Waals surface area contributed by atoms with E-state index in [1.54, 1.807) is 6.08 Å². The van der Waals surface area contributed by atoms with Crippen LogP contribution in [-0.4, -0.2) is 34.9 Å².